The molecular formula is C19H29N3O2. The first-order chi connectivity index (χ1) is 11.7. The van der Waals surface area contributed by atoms with Crippen LogP contribution in [0.3, 0.4) is 0 Å². The second-order valence-corrected chi connectivity index (χ2v) is 6.45. The predicted molar refractivity (Wildman–Crippen MR) is 97.2 cm³/mol. The lowest BCUT2D eigenvalue weighted by Gasteiger charge is -2.22. The van der Waals surface area contributed by atoms with Gasteiger partial charge in [-0.3, -0.25) is 9.59 Å². The van der Waals surface area contributed by atoms with E-state index in [2.05, 4.69) is 22.9 Å². The molecule has 3 N–H and O–H groups in total. The fourth-order valence-electron chi connectivity index (χ4n) is 2.93. The molecular weight excluding hydrogens is 302 g/mol. The van der Waals surface area contributed by atoms with E-state index in [1.54, 1.807) is 24.3 Å². The van der Waals surface area contributed by atoms with Crippen molar-refractivity contribution in [1.29, 1.82) is 0 Å². The Hall–Kier alpha value is -1.88. The molecule has 0 radical (unpaired) electrons. The summed E-state index contributed by atoms with van der Waals surface area (Å²) in [7, 11) is 0. The fourth-order valence-corrected chi connectivity index (χ4v) is 2.93. The Balaban J connectivity index is 1.74. The fraction of sp³-hybridized carbons (Fsp3) is 0.579. The summed E-state index contributed by atoms with van der Waals surface area (Å²) in [5.41, 5.74) is 1.33. The maximum atomic E-state index is 12.0. The molecule has 1 aromatic rings. The molecule has 0 heterocycles. The number of hydrogen-bond donors (Lipinski definition) is 3. The average molecular weight is 331 g/mol. The van der Waals surface area contributed by atoms with E-state index in [1.807, 2.05) is 0 Å². The van der Waals surface area contributed by atoms with Crippen LogP contribution in [0.5, 0.6) is 0 Å². The second-order valence-electron chi connectivity index (χ2n) is 6.45. The van der Waals surface area contributed by atoms with Crippen LogP contribution in [-0.4, -0.2) is 30.9 Å². The monoisotopic (exact) mass is 331 g/mol. The van der Waals surface area contributed by atoms with E-state index in [1.165, 1.54) is 19.3 Å². The zero-order chi connectivity index (χ0) is 17.2. The molecule has 0 aromatic heterocycles. The van der Waals surface area contributed by atoms with Gasteiger partial charge in [-0.2, -0.15) is 0 Å². The Morgan fingerprint density at radius 2 is 1.79 bits per heavy atom. The van der Waals surface area contributed by atoms with Crippen molar-refractivity contribution in [3.63, 3.8) is 0 Å². The quantitative estimate of drug-likeness (QED) is 0.641. The number of rotatable bonds is 8. The van der Waals surface area contributed by atoms with Crippen LogP contribution in [-0.2, 0) is 4.79 Å². The first-order valence-electron chi connectivity index (χ1n) is 9.10. The van der Waals surface area contributed by atoms with Gasteiger partial charge in [-0.05, 0) is 43.5 Å². The number of carbonyl (C=O) groups is 2. The number of unbranched alkanes of at least 4 members (excludes halogenated alkanes) is 1. The van der Waals surface area contributed by atoms with Crippen LogP contribution in [0.25, 0.3) is 0 Å². The highest BCUT2D eigenvalue weighted by molar-refractivity contribution is 5.96. The number of anilines is 1. The molecule has 1 aliphatic carbocycles. The summed E-state index contributed by atoms with van der Waals surface area (Å²) in [6.45, 7) is 3.12. The maximum absolute atomic E-state index is 12.0. The third-order valence-corrected chi connectivity index (χ3v) is 4.40. The SMILES string of the molecule is CCCCNC(=O)c1ccc(NC(=O)CNC2CCCCC2)cc1. The molecule has 0 atom stereocenters. The number of hydrogen-bond acceptors (Lipinski definition) is 3. The first-order valence-corrected chi connectivity index (χ1v) is 9.10. The molecule has 5 heteroatoms. The molecule has 1 fully saturated rings. The molecule has 24 heavy (non-hydrogen) atoms. The summed E-state index contributed by atoms with van der Waals surface area (Å²) in [6, 6.07) is 7.50. The highest BCUT2D eigenvalue weighted by atomic mass is 16.2. The van der Waals surface area contributed by atoms with Crippen LogP contribution in [0.2, 0.25) is 0 Å². The zero-order valence-electron chi connectivity index (χ0n) is 14.6. The lowest BCUT2D eigenvalue weighted by molar-refractivity contribution is -0.115. The van der Waals surface area contributed by atoms with Gasteiger partial charge in [-0.25, -0.2) is 0 Å². The van der Waals surface area contributed by atoms with Gasteiger partial charge in [-0.1, -0.05) is 32.6 Å². The number of nitrogens with one attached hydrogen (secondary N) is 3. The summed E-state index contributed by atoms with van der Waals surface area (Å²) in [5, 5.41) is 9.07. The Morgan fingerprint density at radius 1 is 1.08 bits per heavy atom. The van der Waals surface area contributed by atoms with Crippen molar-refractivity contribution in [3.8, 4) is 0 Å². The zero-order valence-corrected chi connectivity index (χ0v) is 14.6. The third kappa shape index (κ3) is 6.32. The van der Waals surface area contributed by atoms with Crippen molar-refractivity contribution in [1.82, 2.24) is 10.6 Å². The lowest BCUT2D eigenvalue weighted by Crippen LogP contribution is -2.37. The topological polar surface area (TPSA) is 70.2 Å². The highest BCUT2D eigenvalue weighted by Crippen LogP contribution is 2.17. The Morgan fingerprint density at radius 3 is 2.46 bits per heavy atom. The first kappa shape index (κ1) is 18.5. The summed E-state index contributed by atoms with van der Waals surface area (Å²) < 4.78 is 0. The Bertz CT molecular complexity index is 522. The standard InChI is InChI=1S/C19H29N3O2/c1-2-3-13-20-19(24)15-9-11-17(12-10-15)22-18(23)14-21-16-7-5-4-6-8-16/h9-12,16,21H,2-8,13-14H2,1H3,(H,20,24)(H,22,23). The van der Waals surface area contributed by atoms with Crippen LogP contribution < -0.4 is 16.0 Å². The van der Waals surface area contributed by atoms with E-state index < -0.39 is 0 Å². The number of carbonyl (C=O) groups excluding carboxylic acids is 2. The van der Waals surface area contributed by atoms with Crippen molar-refractivity contribution >= 4 is 17.5 Å². The van der Waals surface area contributed by atoms with E-state index in [0.29, 0.717) is 24.7 Å². The summed E-state index contributed by atoms with van der Waals surface area (Å²) in [4.78, 5) is 23.9. The van der Waals surface area contributed by atoms with Gasteiger partial charge in [0.1, 0.15) is 0 Å². The largest absolute Gasteiger partial charge is 0.352 e. The normalized spacial score (nSPS) is 15.0. The molecule has 5 nitrogen and oxygen atoms in total. The van der Waals surface area contributed by atoms with E-state index >= 15 is 0 Å². The van der Waals surface area contributed by atoms with Gasteiger partial charge in [0, 0.05) is 23.8 Å². The molecule has 0 bridgehead atoms. The van der Waals surface area contributed by atoms with Gasteiger partial charge >= 0.3 is 0 Å². The van der Waals surface area contributed by atoms with Gasteiger partial charge in [0.05, 0.1) is 6.54 Å². The highest BCUT2D eigenvalue weighted by Gasteiger charge is 2.14. The van der Waals surface area contributed by atoms with E-state index in [9.17, 15) is 9.59 Å². The predicted octanol–water partition coefficient (Wildman–Crippen LogP) is 3.08. The molecule has 0 spiro atoms. The van der Waals surface area contributed by atoms with Crippen molar-refractivity contribution in [2.24, 2.45) is 0 Å². The van der Waals surface area contributed by atoms with Crippen LogP contribution >= 0.6 is 0 Å². The summed E-state index contributed by atoms with van der Waals surface area (Å²) in [5.74, 6) is -0.110. The van der Waals surface area contributed by atoms with Crippen molar-refractivity contribution in [3.05, 3.63) is 29.8 Å². The maximum Gasteiger partial charge on any atom is 0.251 e. The molecule has 132 valence electrons. The average Bonchev–Trinajstić information content (AvgIpc) is 2.61. The minimum absolute atomic E-state index is 0.0410. The molecule has 1 saturated carbocycles. The van der Waals surface area contributed by atoms with E-state index in [4.69, 9.17) is 0 Å². The van der Waals surface area contributed by atoms with Crippen molar-refractivity contribution < 1.29 is 9.59 Å². The van der Waals surface area contributed by atoms with Crippen molar-refractivity contribution in [2.75, 3.05) is 18.4 Å². The minimum Gasteiger partial charge on any atom is -0.352 e. The number of amides is 2. The molecule has 0 aliphatic heterocycles. The van der Waals surface area contributed by atoms with Gasteiger partial charge in [0.2, 0.25) is 5.91 Å². The molecule has 2 rings (SSSR count). The van der Waals surface area contributed by atoms with Gasteiger partial charge < -0.3 is 16.0 Å². The third-order valence-electron chi connectivity index (χ3n) is 4.40. The summed E-state index contributed by atoms with van der Waals surface area (Å²) in [6.07, 6.45) is 8.17. The summed E-state index contributed by atoms with van der Waals surface area (Å²) >= 11 is 0. The second kappa shape index (κ2) is 10.1. The van der Waals surface area contributed by atoms with Gasteiger partial charge in [-0.15, -0.1) is 0 Å². The molecule has 2 amide bonds. The van der Waals surface area contributed by atoms with Crippen LogP contribution in [0.4, 0.5) is 5.69 Å². The van der Waals surface area contributed by atoms with Crippen molar-refractivity contribution in [2.45, 2.75) is 57.9 Å². The van der Waals surface area contributed by atoms with Crippen LogP contribution in [0, 0.1) is 0 Å². The minimum atomic E-state index is -0.0692. The molecule has 0 unspecified atom stereocenters. The Kier molecular flexibility index (Phi) is 7.75. The van der Waals surface area contributed by atoms with Crippen LogP contribution in [0.15, 0.2) is 24.3 Å². The van der Waals surface area contributed by atoms with Crippen LogP contribution in [0.1, 0.15) is 62.2 Å². The number of benzene rings is 1. The van der Waals surface area contributed by atoms with E-state index in [0.717, 1.165) is 31.4 Å². The van der Waals surface area contributed by atoms with Gasteiger partial charge in [0.15, 0.2) is 0 Å². The Labute approximate surface area is 144 Å². The molecule has 1 aliphatic rings. The van der Waals surface area contributed by atoms with Gasteiger partial charge in [0.25, 0.3) is 5.91 Å². The molecule has 1 aromatic carbocycles. The molecule has 0 saturated heterocycles. The lowest BCUT2D eigenvalue weighted by atomic mass is 9.95. The smallest absolute Gasteiger partial charge is 0.251 e. The van der Waals surface area contributed by atoms with E-state index in [-0.39, 0.29) is 11.8 Å².